The molecular formula is C29H47NOS. The minimum absolute atomic E-state index is 0.159. The first-order valence-electron chi connectivity index (χ1n) is 12.4. The van der Waals surface area contributed by atoms with Gasteiger partial charge in [-0.15, -0.1) is 17.9 Å². The molecule has 0 saturated carbocycles. The van der Waals surface area contributed by atoms with Crippen molar-refractivity contribution in [2.75, 3.05) is 0 Å². The van der Waals surface area contributed by atoms with Crippen LogP contribution in [-0.2, 0) is 4.79 Å². The highest BCUT2D eigenvalue weighted by Crippen LogP contribution is 2.42. The Morgan fingerprint density at radius 3 is 2.38 bits per heavy atom. The molecule has 2 nitrogen and oxygen atoms in total. The average molecular weight is 458 g/mol. The summed E-state index contributed by atoms with van der Waals surface area (Å²) in [5, 5.41) is 3.22. The number of Topliss-reactive ketones (excluding diaryl/α,β-unsaturated/α-hetero) is 1. The molecule has 0 aliphatic carbocycles. The van der Waals surface area contributed by atoms with Gasteiger partial charge in [-0.25, -0.2) is 4.98 Å². The molecule has 3 heteroatoms. The summed E-state index contributed by atoms with van der Waals surface area (Å²) in [6, 6.07) is 0. The highest BCUT2D eigenvalue weighted by atomic mass is 32.1. The summed E-state index contributed by atoms with van der Waals surface area (Å²) in [4.78, 5) is 17.3. The van der Waals surface area contributed by atoms with E-state index in [2.05, 4.69) is 75.9 Å². The van der Waals surface area contributed by atoms with Crippen molar-refractivity contribution in [2.45, 2.75) is 106 Å². The van der Waals surface area contributed by atoms with Crippen LogP contribution in [0.4, 0.5) is 0 Å². The molecule has 1 atom stereocenters. The van der Waals surface area contributed by atoms with Crippen LogP contribution in [0.1, 0.15) is 110 Å². The van der Waals surface area contributed by atoms with Crippen molar-refractivity contribution in [2.24, 2.45) is 16.7 Å². The molecule has 32 heavy (non-hydrogen) atoms. The van der Waals surface area contributed by atoms with E-state index in [4.69, 9.17) is 0 Å². The van der Waals surface area contributed by atoms with E-state index in [0.717, 1.165) is 55.6 Å². The third kappa shape index (κ3) is 11.4. The number of hydrogen-bond donors (Lipinski definition) is 0. The Morgan fingerprint density at radius 2 is 1.75 bits per heavy atom. The fourth-order valence-corrected chi connectivity index (χ4v) is 4.13. The maximum atomic E-state index is 12.8. The molecule has 1 unspecified atom stereocenters. The summed E-state index contributed by atoms with van der Waals surface area (Å²) in [6.45, 7) is 17.3. The maximum absolute atomic E-state index is 12.8. The van der Waals surface area contributed by atoms with Crippen LogP contribution in [0.3, 0.4) is 0 Å². The molecule has 1 aromatic heterocycles. The van der Waals surface area contributed by atoms with E-state index in [0.29, 0.717) is 12.2 Å². The molecule has 0 bridgehead atoms. The van der Waals surface area contributed by atoms with Gasteiger partial charge in [-0.1, -0.05) is 71.8 Å². The summed E-state index contributed by atoms with van der Waals surface area (Å²) in [7, 11) is 0. The van der Waals surface area contributed by atoms with Gasteiger partial charge in [0.1, 0.15) is 5.78 Å². The van der Waals surface area contributed by atoms with Crippen LogP contribution in [-0.4, -0.2) is 10.8 Å². The van der Waals surface area contributed by atoms with Gasteiger partial charge < -0.3 is 0 Å². The van der Waals surface area contributed by atoms with E-state index in [-0.39, 0.29) is 16.7 Å². The fourth-order valence-electron chi connectivity index (χ4n) is 3.54. The lowest BCUT2D eigenvalue weighted by atomic mass is 9.66. The zero-order chi connectivity index (χ0) is 24.0. The molecule has 0 radical (unpaired) electrons. The second kappa shape index (κ2) is 14.6. The van der Waals surface area contributed by atoms with E-state index >= 15 is 0 Å². The summed E-state index contributed by atoms with van der Waals surface area (Å²) in [5.74, 6) is 0.593. The van der Waals surface area contributed by atoms with Crippen LogP contribution < -0.4 is 0 Å². The first kappa shape index (κ1) is 28.6. The minimum Gasteiger partial charge on any atom is -0.299 e. The summed E-state index contributed by atoms with van der Waals surface area (Å²) < 4.78 is 0. The van der Waals surface area contributed by atoms with Crippen LogP contribution in [0.2, 0.25) is 0 Å². The number of hydrogen-bond acceptors (Lipinski definition) is 3. The quantitative estimate of drug-likeness (QED) is 0.183. The van der Waals surface area contributed by atoms with E-state index in [9.17, 15) is 4.79 Å². The number of carbonyl (C=O) groups is 1. The lowest BCUT2D eigenvalue weighted by Crippen LogP contribution is -2.30. The predicted molar refractivity (Wildman–Crippen MR) is 143 cm³/mol. The number of ketones is 1. The standard InChI is InChI=1S/C29H47NOS/c1-8-18-25(27(31)21-22-29(6,7)28(3,4)5)19-16-14-12-10-9-11-13-15-17-20-26-23-32-24(2)30-26/h8-9,11,17,20,23,25H,1,10,12-16,18-19,21-22H2,2-7H3. The Hall–Kier alpha value is -1.48. The third-order valence-electron chi connectivity index (χ3n) is 6.95. The van der Waals surface area contributed by atoms with Gasteiger partial charge in [-0.3, -0.25) is 4.79 Å². The second-order valence-corrected chi connectivity index (χ2v) is 11.8. The van der Waals surface area contributed by atoms with E-state index in [1.165, 1.54) is 12.8 Å². The second-order valence-electron chi connectivity index (χ2n) is 10.7. The molecule has 0 saturated heterocycles. The smallest absolute Gasteiger partial charge is 0.136 e. The normalized spacial score (nSPS) is 13.8. The SMILES string of the molecule is C=CCC(CCCCCC=CCCC=Cc1csc(C)n1)C(=O)CCC(C)(C)C(C)(C)C. The van der Waals surface area contributed by atoms with Gasteiger partial charge in [-0.2, -0.15) is 0 Å². The molecule has 0 aliphatic heterocycles. The number of rotatable bonds is 16. The van der Waals surface area contributed by atoms with Crippen LogP contribution in [0.15, 0.2) is 36.3 Å². The van der Waals surface area contributed by atoms with E-state index in [1.54, 1.807) is 11.3 Å². The fraction of sp³-hybridized carbons (Fsp3) is 0.655. The molecule has 0 spiro atoms. The molecule has 0 fully saturated rings. The molecule has 180 valence electrons. The highest BCUT2D eigenvalue weighted by Gasteiger charge is 2.33. The Bertz CT molecular complexity index is 733. The summed E-state index contributed by atoms with van der Waals surface area (Å²) >= 11 is 1.70. The van der Waals surface area contributed by atoms with Crippen molar-refractivity contribution >= 4 is 23.2 Å². The topological polar surface area (TPSA) is 30.0 Å². The number of aromatic nitrogens is 1. The number of aryl methyl sites for hydroxylation is 1. The molecule has 0 aliphatic rings. The highest BCUT2D eigenvalue weighted by molar-refractivity contribution is 7.09. The van der Waals surface area contributed by atoms with Crippen molar-refractivity contribution in [3.63, 3.8) is 0 Å². The summed E-state index contributed by atoms with van der Waals surface area (Å²) in [5.41, 5.74) is 1.46. The number of thiazole rings is 1. The van der Waals surface area contributed by atoms with Crippen LogP contribution in [0.25, 0.3) is 6.08 Å². The Morgan fingerprint density at radius 1 is 1.06 bits per heavy atom. The molecule has 0 aromatic carbocycles. The largest absolute Gasteiger partial charge is 0.299 e. The minimum atomic E-state index is 0.159. The molecule has 0 amide bonds. The Kier molecular flexibility index (Phi) is 13.0. The zero-order valence-electron chi connectivity index (χ0n) is 21.6. The number of nitrogens with zero attached hydrogens (tertiary/aromatic N) is 1. The summed E-state index contributed by atoms with van der Waals surface area (Å²) in [6.07, 6.45) is 21.1. The molecule has 0 N–H and O–H groups in total. The molecular weight excluding hydrogens is 410 g/mol. The first-order valence-corrected chi connectivity index (χ1v) is 13.3. The van der Waals surface area contributed by atoms with Crippen molar-refractivity contribution in [3.8, 4) is 0 Å². The van der Waals surface area contributed by atoms with Gasteiger partial charge in [0, 0.05) is 17.7 Å². The van der Waals surface area contributed by atoms with Crippen LogP contribution >= 0.6 is 11.3 Å². The van der Waals surface area contributed by atoms with Gasteiger partial charge in [0.25, 0.3) is 0 Å². The number of allylic oxidation sites excluding steroid dienone is 4. The molecule has 1 heterocycles. The Balaban J connectivity index is 2.20. The van der Waals surface area contributed by atoms with Crippen molar-refractivity contribution in [1.82, 2.24) is 4.98 Å². The number of unbranched alkanes of at least 4 members (excludes halogenated alkanes) is 4. The predicted octanol–water partition coefficient (Wildman–Crippen LogP) is 9.37. The lowest BCUT2D eigenvalue weighted by Gasteiger charge is -2.39. The number of carbonyl (C=O) groups excluding carboxylic acids is 1. The van der Waals surface area contributed by atoms with Crippen LogP contribution in [0.5, 0.6) is 0 Å². The van der Waals surface area contributed by atoms with E-state index in [1.807, 2.05) is 13.0 Å². The molecule has 1 rings (SSSR count). The van der Waals surface area contributed by atoms with Crippen molar-refractivity contribution in [3.05, 3.63) is 47.0 Å². The maximum Gasteiger partial charge on any atom is 0.136 e. The monoisotopic (exact) mass is 457 g/mol. The van der Waals surface area contributed by atoms with Gasteiger partial charge >= 0.3 is 0 Å². The van der Waals surface area contributed by atoms with Gasteiger partial charge in [-0.05, 0) is 68.8 Å². The molecule has 1 aromatic rings. The van der Waals surface area contributed by atoms with E-state index < -0.39 is 0 Å². The van der Waals surface area contributed by atoms with Gasteiger partial charge in [0.2, 0.25) is 0 Å². The lowest BCUT2D eigenvalue weighted by molar-refractivity contribution is -0.124. The van der Waals surface area contributed by atoms with Crippen molar-refractivity contribution in [1.29, 1.82) is 0 Å². The van der Waals surface area contributed by atoms with Gasteiger partial charge in [0.15, 0.2) is 0 Å². The Labute approximate surface area is 202 Å². The average Bonchev–Trinajstić information content (AvgIpc) is 3.13. The van der Waals surface area contributed by atoms with Crippen LogP contribution in [0, 0.1) is 23.7 Å². The first-order chi connectivity index (χ1) is 15.1. The van der Waals surface area contributed by atoms with Gasteiger partial charge in [0.05, 0.1) is 10.7 Å². The zero-order valence-corrected chi connectivity index (χ0v) is 22.4. The van der Waals surface area contributed by atoms with Crippen molar-refractivity contribution < 1.29 is 4.79 Å². The third-order valence-corrected chi connectivity index (χ3v) is 7.74.